The second-order valence-electron chi connectivity index (χ2n) is 3.04. The number of anilines is 1. The summed E-state index contributed by atoms with van der Waals surface area (Å²) in [5.74, 6) is 0.807. The van der Waals surface area contributed by atoms with Crippen molar-refractivity contribution in [1.82, 2.24) is 14.8 Å². The van der Waals surface area contributed by atoms with Gasteiger partial charge in [-0.05, 0) is 24.6 Å². The average molecular weight is 188 g/mol. The van der Waals surface area contributed by atoms with E-state index >= 15 is 0 Å². The van der Waals surface area contributed by atoms with Crippen LogP contribution in [0.5, 0.6) is 0 Å². The number of aryl methyl sites for hydroxylation is 1. The van der Waals surface area contributed by atoms with E-state index in [1.54, 1.807) is 12.4 Å². The molecule has 0 saturated heterocycles. The molecule has 0 bridgehead atoms. The number of aromatic nitrogens is 3. The predicted octanol–water partition coefficient (Wildman–Crippen LogP) is 1.41. The highest BCUT2D eigenvalue weighted by Crippen LogP contribution is 2.09. The molecule has 2 heterocycles. The van der Waals surface area contributed by atoms with Gasteiger partial charge in [0.05, 0.1) is 11.9 Å². The van der Waals surface area contributed by atoms with Crippen LogP contribution in [0.15, 0.2) is 30.6 Å². The minimum atomic E-state index is 0.666. The molecule has 14 heavy (non-hydrogen) atoms. The fraction of sp³-hybridized carbons (Fsp3) is 0.200. The van der Waals surface area contributed by atoms with Crippen LogP contribution in [-0.4, -0.2) is 14.8 Å². The molecule has 0 fully saturated rings. The molecular formula is C10H12N4. The van der Waals surface area contributed by atoms with Gasteiger partial charge in [0.1, 0.15) is 0 Å². The molecule has 0 aliphatic rings. The van der Waals surface area contributed by atoms with E-state index in [0.29, 0.717) is 5.69 Å². The summed E-state index contributed by atoms with van der Waals surface area (Å²) in [5.41, 5.74) is 7.37. The molecule has 2 rings (SSSR count). The van der Waals surface area contributed by atoms with Crippen LogP contribution in [0.2, 0.25) is 0 Å². The summed E-state index contributed by atoms with van der Waals surface area (Å²) >= 11 is 0. The van der Waals surface area contributed by atoms with Crippen molar-refractivity contribution in [3.63, 3.8) is 0 Å². The van der Waals surface area contributed by atoms with Crippen molar-refractivity contribution in [3.8, 4) is 5.82 Å². The summed E-state index contributed by atoms with van der Waals surface area (Å²) in [5, 5.41) is 4.20. The molecule has 0 aliphatic heterocycles. The lowest BCUT2D eigenvalue weighted by Crippen LogP contribution is -2.03. The molecule has 72 valence electrons. The van der Waals surface area contributed by atoms with E-state index < -0.39 is 0 Å². The summed E-state index contributed by atoms with van der Waals surface area (Å²) in [7, 11) is 0. The van der Waals surface area contributed by atoms with Crippen molar-refractivity contribution in [2.24, 2.45) is 0 Å². The van der Waals surface area contributed by atoms with Crippen molar-refractivity contribution in [1.29, 1.82) is 0 Å². The van der Waals surface area contributed by atoms with Crippen molar-refractivity contribution in [2.75, 3.05) is 5.73 Å². The van der Waals surface area contributed by atoms with Crippen LogP contribution in [0.4, 0.5) is 5.69 Å². The minimum absolute atomic E-state index is 0.666. The van der Waals surface area contributed by atoms with Crippen molar-refractivity contribution < 1.29 is 0 Å². The van der Waals surface area contributed by atoms with E-state index in [2.05, 4.69) is 17.0 Å². The fourth-order valence-electron chi connectivity index (χ4n) is 1.33. The van der Waals surface area contributed by atoms with Gasteiger partial charge in [0.25, 0.3) is 0 Å². The first-order valence-corrected chi connectivity index (χ1v) is 4.56. The Hall–Kier alpha value is -1.84. The third kappa shape index (κ3) is 1.46. The molecule has 4 heteroatoms. The van der Waals surface area contributed by atoms with Crippen molar-refractivity contribution in [2.45, 2.75) is 13.3 Å². The smallest absolute Gasteiger partial charge is 0.153 e. The number of hydrogen-bond donors (Lipinski definition) is 1. The molecule has 0 aliphatic carbocycles. The lowest BCUT2D eigenvalue weighted by molar-refractivity contribution is 0.790. The zero-order valence-electron chi connectivity index (χ0n) is 8.01. The molecule has 0 aromatic carbocycles. The van der Waals surface area contributed by atoms with Gasteiger partial charge in [0.2, 0.25) is 0 Å². The maximum Gasteiger partial charge on any atom is 0.153 e. The quantitative estimate of drug-likeness (QED) is 0.775. The van der Waals surface area contributed by atoms with E-state index in [1.807, 2.05) is 22.9 Å². The molecule has 4 nitrogen and oxygen atoms in total. The molecule has 2 aromatic rings. The van der Waals surface area contributed by atoms with Gasteiger partial charge in [0.15, 0.2) is 5.82 Å². The van der Waals surface area contributed by atoms with Gasteiger partial charge in [0, 0.05) is 11.9 Å². The number of nitrogens with two attached hydrogens (primary N) is 1. The van der Waals surface area contributed by atoms with Crippen LogP contribution >= 0.6 is 0 Å². The maximum atomic E-state index is 5.56. The van der Waals surface area contributed by atoms with Crippen LogP contribution in [0, 0.1) is 0 Å². The Morgan fingerprint density at radius 2 is 2.21 bits per heavy atom. The third-order valence-electron chi connectivity index (χ3n) is 2.07. The van der Waals surface area contributed by atoms with E-state index in [-0.39, 0.29) is 0 Å². The highest BCUT2D eigenvalue weighted by molar-refractivity contribution is 5.38. The van der Waals surface area contributed by atoms with Gasteiger partial charge in [-0.1, -0.05) is 6.92 Å². The summed E-state index contributed by atoms with van der Waals surface area (Å²) in [6.45, 7) is 2.09. The Kier molecular flexibility index (Phi) is 2.18. The molecule has 2 aromatic heterocycles. The van der Waals surface area contributed by atoms with E-state index in [9.17, 15) is 0 Å². The summed E-state index contributed by atoms with van der Waals surface area (Å²) in [4.78, 5) is 4.20. The minimum Gasteiger partial charge on any atom is -0.397 e. The number of nitrogen functional groups attached to an aromatic ring is 1. The second-order valence-corrected chi connectivity index (χ2v) is 3.04. The molecule has 0 spiro atoms. The third-order valence-corrected chi connectivity index (χ3v) is 2.07. The van der Waals surface area contributed by atoms with Gasteiger partial charge in [-0.25, -0.2) is 9.67 Å². The molecule has 0 atom stereocenters. The molecule has 2 N–H and O–H groups in total. The lowest BCUT2D eigenvalue weighted by atomic mass is 10.3. The normalized spacial score (nSPS) is 10.4. The van der Waals surface area contributed by atoms with Crippen LogP contribution in [0.3, 0.4) is 0 Å². The second kappa shape index (κ2) is 3.49. The van der Waals surface area contributed by atoms with Gasteiger partial charge in [-0.3, -0.25) is 0 Å². The number of rotatable bonds is 2. The van der Waals surface area contributed by atoms with E-state index in [1.165, 1.54) is 0 Å². The topological polar surface area (TPSA) is 56.7 Å². The maximum absolute atomic E-state index is 5.56. The van der Waals surface area contributed by atoms with Gasteiger partial charge in [-0.2, -0.15) is 5.10 Å². The zero-order valence-corrected chi connectivity index (χ0v) is 8.01. The van der Waals surface area contributed by atoms with E-state index in [4.69, 9.17) is 5.73 Å². The number of hydrogen-bond acceptors (Lipinski definition) is 3. The standard InChI is InChI=1S/C10H12N4/c1-2-9-5-6-13-14(9)10-4-3-8(11)7-12-10/h3-7H,2,11H2,1H3. The Balaban J connectivity index is 2.44. The van der Waals surface area contributed by atoms with Gasteiger partial charge >= 0.3 is 0 Å². The number of nitrogens with zero attached hydrogens (tertiary/aromatic N) is 3. The number of pyridine rings is 1. The van der Waals surface area contributed by atoms with Crippen LogP contribution in [0.25, 0.3) is 5.82 Å². The monoisotopic (exact) mass is 188 g/mol. The predicted molar refractivity (Wildman–Crippen MR) is 55.1 cm³/mol. The average Bonchev–Trinajstić information content (AvgIpc) is 2.67. The highest BCUT2D eigenvalue weighted by atomic mass is 15.3. The SMILES string of the molecule is CCc1ccnn1-c1ccc(N)cn1. The Morgan fingerprint density at radius 3 is 2.86 bits per heavy atom. The zero-order chi connectivity index (χ0) is 9.97. The van der Waals surface area contributed by atoms with Gasteiger partial charge in [-0.15, -0.1) is 0 Å². The molecule has 0 saturated carbocycles. The highest BCUT2D eigenvalue weighted by Gasteiger charge is 2.02. The first kappa shape index (κ1) is 8.74. The molecule has 0 amide bonds. The van der Waals surface area contributed by atoms with Crippen LogP contribution < -0.4 is 5.73 Å². The Labute approximate surface area is 82.4 Å². The molecular weight excluding hydrogens is 176 g/mol. The largest absolute Gasteiger partial charge is 0.397 e. The Morgan fingerprint density at radius 1 is 1.36 bits per heavy atom. The summed E-state index contributed by atoms with van der Waals surface area (Å²) < 4.78 is 1.82. The lowest BCUT2D eigenvalue weighted by Gasteiger charge is -2.04. The van der Waals surface area contributed by atoms with E-state index in [0.717, 1.165) is 17.9 Å². The van der Waals surface area contributed by atoms with Gasteiger partial charge < -0.3 is 5.73 Å². The van der Waals surface area contributed by atoms with Crippen LogP contribution in [-0.2, 0) is 6.42 Å². The van der Waals surface area contributed by atoms with Crippen molar-refractivity contribution >= 4 is 5.69 Å². The van der Waals surface area contributed by atoms with Crippen LogP contribution in [0.1, 0.15) is 12.6 Å². The summed E-state index contributed by atoms with van der Waals surface area (Å²) in [6, 6.07) is 5.67. The first-order valence-electron chi connectivity index (χ1n) is 4.56. The fourth-order valence-corrected chi connectivity index (χ4v) is 1.33. The molecule has 0 unspecified atom stereocenters. The molecule has 0 radical (unpaired) electrons. The summed E-state index contributed by atoms with van der Waals surface area (Å²) in [6.07, 6.45) is 4.35. The van der Waals surface area contributed by atoms with Crippen molar-refractivity contribution in [3.05, 3.63) is 36.3 Å². The Bertz CT molecular complexity index is 416. The first-order chi connectivity index (χ1) is 6.81.